The summed E-state index contributed by atoms with van der Waals surface area (Å²) in [5.41, 5.74) is 0.983. The van der Waals surface area contributed by atoms with Crippen LogP contribution < -0.4 is 19.5 Å². The molecule has 2 N–H and O–H groups in total. The first-order valence-corrected chi connectivity index (χ1v) is 15.6. The van der Waals surface area contributed by atoms with E-state index in [1.165, 1.54) is 29.5 Å². The minimum absolute atomic E-state index is 0.128. The Hall–Kier alpha value is -3.55. The number of fused-ring (bicyclic) bond motifs is 1. The van der Waals surface area contributed by atoms with Gasteiger partial charge in [-0.15, -0.1) is 24.5 Å². The molecule has 4 aromatic rings. The number of thiophene rings is 1. The van der Waals surface area contributed by atoms with Crippen molar-refractivity contribution in [1.29, 1.82) is 0 Å². The fourth-order valence-corrected chi connectivity index (χ4v) is 5.76. The average Bonchev–Trinajstić information content (AvgIpc) is 3.24. The number of hydrogen-bond acceptors (Lipinski definition) is 7. The lowest BCUT2D eigenvalue weighted by Crippen LogP contribution is -2.22. The molecule has 2 heterocycles. The SMILES string of the molecule is CC(C)Oc1cc(OC(F)(F)F)cc(C(C)(C)c2cc(Cl)cc(NC(=O)c3cc4nc(NS(C)(=O)=O)ccc4s3)c2)c1. The Morgan fingerprint density at radius 3 is 2.31 bits per heavy atom. The highest BCUT2D eigenvalue weighted by Gasteiger charge is 2.33. The van der Waals surface area contributed by atoms with Gasteiger partial charge in [-0.05, 0) is 73.5 Å². The summed E-state index contributed by atoms with van der Waals surface area (Å²) in [6, 6.07) is 13.7. The van der Waals surface area contributed by atoms with E-state index in [0.29, 0.717) is 36.9 Å². The summed E-state index contributed by atoms with van der Waals surface area (Å²) >= 11 is 7.58. The number of hydrogen-bond donors (Lipinski definition) is 2. The van der Waals surface area contributed by atoms with Crippen LogP contribution in [0.15, 0.2) is 54.6 Å². The number of pyridine rings is 1. The normalized spacial score (nSPS) is 12.4. The third kappa shape index (κ3) is 8.05. The molecule has 2 aromatic carbocycles. The highest BCUT2D eigenvalue weighted by molar-refractivity contribution is 7.92. The van der Waals surface area contributed by atoms with Crippen molar-refractivity contribution in [2.75, 3.05) is 16.3 Å². The number of nitrogens with zero attached hydrogens (tertiary/aromatic N) is 1. The third-order valence-corrected chi connectivity index (χ3v) is 7.86. The van der Waals surface area contributed by atoms with Crippen LogP contribution in [0.2, 0.25) is 5.02 Å². The van der Waals surface area contributed by atoms with Crippen LogP contribution in [0.4, 0.5) is 24.7 Å². The molecule has 0 aliphatic heterocycles. The largest absolute Gasteiger partial charge is 0.573 e. The number of carbonyl (C=O) groups is 1. The minimum Gasteiger partial charge on any atom is -0.491 e. The van der Waals surface area contributed by atoms with E-state index in [9.17, 15) is 26.4 Å². The minimum atomic E-state index is -4.89. The molecule has 224 valence electrons. The number of sulfonamides is 1. The Morgan fingerprint density at radius 1 is 1.00 bits per heavy atom. The monoisotopic (exact) mass is 641 g/mol. The number of nitrogens with one attached hydrogen (secondary N) is 2. The van der Waals surface area contributed by atoms with Gasteiger partial charge in [0.05, 0.1) is 27.5 Å². The Bertz CT molecular complexity index is 1760. The molecular formula is C28H27ClF3N3O5S2. The fourth-order valence-electron chi connectivity index (χ4n) is 4.13. The zero-order chi connectivity index (χ0) is 31.0. The lowest BCUT2D eigenvalue weighted by atomic mass is 9.78. The Labute approximate surface area is 249 Å². The van der Waals surface area contributed by atoms with E-state index in [1.54, 1.807) is 64.1 Å². The highest BCUT2D eigenvalue weighted by Crippen LogP contribution is 2.39. The maximum atomic E-state index is 13.1. The number of carbonyl (C=O) groups excluding carboxylic acids is 1. The molecule has 0 radical (unpaired) electrons. The number of aromatic nitrogens is 1. The molecular weight excluding hydrogens is 615 g/mol. The predicted octanol–water partition coefficient (Wildman–Crippen LogP) is 7.59. The van der Waals surface area contributed by atoms with Gasteiger partial charge >= 0.3 is 6.36 Å². The molecule has 0 bridgehead atoms. The first kappa shape index (κ1) is 31.4. The molecule has 42 heavy (non-hydrogen) atoms. The molecule has 14 heteroatoms. The van der Waals surface area contributed by atoms with E-state index in [-0.39, 0.29) is 17.7 Å². The van der Waals surface area contributed by atoms with Gasteiger partial charge in [-0.3, -0.25) is 9.52 Å². The molecule has 0 fully saturated rings. The molecule has 0 spiro atoms. The number of halogens is 4. The van der Waals surface area contributed by atoms with Crippen LogP contribution in [0.5, 0.6) is 11.5 Å². The Kier molecular flexibility index (Phi) is 8.68. The molecule has 4 rings (SSSR count). The molecule has 1 amide bonds. The van der Waals surface area contributed by atoms with Crippen molar-refractivity contribution < 1.29 is 35.9 Å². The standard InChI is InChI=1S/C28H27ClF3N3O5S2/c1-15(2)39-20-10-17(11-21(13-20)40-28(30,31)32)27(3,4)16-8-18(29)12-19(9-16)33-26(36)24-14-22-23(41-24)6-7-25(34-22)35-42(5,37)38/h6-15H,1-5H3,(H,33,36)(H,34,35). The van der Waals surface area contributed by atoms with Crippen molar-refractivity contribution in [3.63, 3.8) is 0 Å². The van der Waals surface area contributed by atoms with Crippen molar-refractivity contribution in [1.82, 2.24) is 4.98 Å². The molecule has 0 unspecified atom stereocenters. The Morgan fingerprint density at radius 2 is 1.67 bits per heavy atom. The average molecular weight is 642 g/mol. The molecule has 0 saturated heterocycles. The van der Waals surface area contributed by atoms with Gasteiger partial charge in [0, 0.05) is 22.2 Å². The van der Waals surface area contributed by atoms with Gasteiger partial charge in [-0.1, -0.05) is 25.4 Å². The number of alkyl halides is 3. The summed E-state index contributed by atoms with van der Waals surface area (Å²) in [7, 11) is -3.52. The van der Waals surface area contributed by atoms with Gasteiger partial charge in [0.15, 0.2) is 0 Å². The van der Waals surface area contributed by atoms with Crippen LogP contribution in [0.25, 0.3) is 10.2 Å². The second-order valence-electron chi connectivity index (χ2n) is 10.3. The second kappa shape index (κ2) is 11.6. The van der Waals surface area contributed by atoms with Crippen LogP contribution in [0.1, 0.15) is 48.5 Å². The predicted molar refractivity (Wildman–Crippen MR) is 159 cm³/mol. The summed E-state index contributed by atoms with van der Waals surface area (Å²) in [5.74, 6) is -0.538. The van der Waals surface area contributed by atoms with Crippen molar-refractivity contribution in [3.8, 4) is 11.5 Å². The van der Waals surface area contributed by atoms with E-state index in [4.69, 9.17) is 16.3 Å². The molecule has 0 aliphatic carbocycles. The van der Waals surface area contributed by atoms with Crippen molar-refractivity contribution >= 4 is 60.6 Å². The van der Waals surface area contributed by atoms with E-state index < -0.39 is 33.5 Å². The van der Waals surface area contributed by atoms with Gasteiger partial charge in [-0.25, -0.2) is 13.4 Å². The van der Waals surface area contributed by atoms with Crippen LogP contribution in [0, 0.1) is 0 Å². The molecule has 8 nitrogen and oxygen atoms in total. The number of amides is 1. The van der Waals surface area contributed by atoms with Crippen LogP contribution in [-0.4, -0.2) is 38.0 Å². The van der Waals surface area contributed by atoms with Gasteiger partial charge in [0.25, 0.3) is 5.91 Å². The smallest absolute Gasteiger partial charge is 0.491 e. The molecule has 2 aromatic heterocycles. The number of benzene rings is 2. The van der Waals surface area contributed by atoms with Gasteiger partial charge in [-0.2, -0.15) is 0 Å². The summed E-state index contributed by atoms with van der Waals surface area (Å²) in [6.07, 6.45) is -4.17. The van der Waals surface area contributed by atoms with E-state index in [0.717, 1.165) is 6.26 Å². The number of rotatable bonds is 9. The van der Waals surface area contributed by atoms with E-state index in [1.807, 2.05) is 0 Å². The first-order valence-electron chi connectivity index (χ1n) is 12.5. The summed E-state index contributed by atoms with van der Waals surface area (Å²) in [5, 5.41) is 3.10. The van der Waals surface area contributed by atoms with Crippen LogP contribution in [-0.2, 0) is 15.4 Å². The highest BCUT2D eigenvalue weighted by atomic mass is 35.5. The fraction of sp³-hybridized carbons (Fsp3) is 0.286. The third-order valence-electron chi connectivity index (χ3n) is 5.97. The summed E-state index contributed by atoms with van der Waals surface area (Å²) < 4.78 is 75.1. The van der Waals surface area contributed by atoms with Gasteiger partial charge in [0.2, 0.25) is 10.0 Å². The van der Waals surface area contributed by atoms with E-state index >= 15 is 0 Å². The molecule has 0 aliphatic rings. The zero-order valence-electron chi connectivity index (χ0n) is 23.1. The van der Waals surface area contributed by atoms with Crippen molar-refractivity contribution in [2.24, 2.45) is 0 Å². The van der Waals surface area contributed by atoms with Crippen molar-refractivity contribution in [3.05, 3.63) is 75.6 Å². The van der Waals surface area contributed by atoms with Gasteiger partial charge < -0.3 is 14.8 Å². The molecule has 0 saturated carbocycles. The maximum Gasteiger partial charge on any atom is 0.573 e. The van der Waals surface area contributed by atoms with Crippen LogP contribution >= 0.6 is 22.9 Å². The zero-order valence-corrected chi connectivity index (χ0v) is 25.5. The van der Waals surface area contributed by atoms with Crippen molar-refractivity contribution in [2.45, 2.75) is 45.6 Å². The quantitative estimate of drug-likeness (QED) is 0.195. The first-order chi connectivity index (χ1) is 19.4. The van der Waals surface area contributed by atoms with E-state index in [2.05, 4.69) is 19.8 Å². The van der Waals surface area contributed by atoms with Crippen LogP contribution in [0.3, 0.4) is 0 Å². The number of anilines is 2. The Balaban J connectivity index is 1.64. The lowest BCUT2D eigenvalue weighted by molar-refractivity contribution is -0.274. The topological polar surface area (TPSA) is 107 Å². The summed E-state index contributed by atoms with van der Waals surface area (Å²) in [6.45, 7) is 7.12. The lowest BCUT2D eigenvalue weighted by Gasteiger charge is -2.28. The molecule has 0 atom stereocenters. The maximum absolute atomic E-state index is 13.1. The second-order valence-corrected chi connectivity index (χ2v) is 13.5. The summed E-state index contributed by atoms with van der Waals surface area (Å²) in [4.78, 5) is 17.7. The van der Waals surface area contributed by atoms with Gasteiger partial charge in [0.1, 0.15) is 17.3 Å². The number of ether oxygens (including phenoxy) is 2.